The first-order valence-electron chi connectivity index (χ1n) is 12.0. The number of aromatic hydroxyl groups is 2. The Labute approximate surface area is 221 Å². The van der Waals surface area contributed by atoms with Crippen molar-refractivity contribution >= 4 is 31.1 Å². The third kappa shape index (κ3) is 9.44. The molecule has 0 saturated heterocycles. The monoisotopic (exact) mass is 552 g/mol. The number of benzene rings is 2. The van der Waals surface area contributed by atoms with Crippen molar-refractivity contribution < 1.29 is 34.0 Å². The molecule has 210 valence electrons. The zero-order valence-corrected chi connectivity index (χ0v) is 23.2. The largest absolute Gasteiger partial charge is 0.502 e. The maximum atomic E-state index is 10.6. The maximum Gasteiger partial charge on any atom is 0.312 e. The molecule has 4 rings (SSSR count). The highest BCUT2D eigenvalue weighted by molar-refractivity contribution is 6.69. The van der Waals surface area contributed by atoms with E-state index in [1.807, 2.05) is 6.92 Å². The minimum atomic E-state index is -1.39. The van der Waals surface area contributed by atoms with Crippen LogP contribution in [0.25, 0.3) is 0 Å². The van der Waals surface area contributed by atoms with E-state index in [4.69, 9.17) is 24.7 Å². The van der Waals surface area contributed by atoms with Gasteiger partial charge in [-0.15, -0.1) is 0 Å². The SMILES string of the molecule is CCOC1(O[Si](C)(C)C)CC1.COC1(Nc2ccc(O)c([N+](=O)[O-])c2)CC1.Nc1ccc(O)c([N+](=O)[O-])c1. The molecule has 14 heteroatoms. The summed E-state index contributed by atoms with van der Waals surface area (Å²) in [4.78, 5) is 19.5. The normalized spacial score (nSPS) is 16.1. The van der Waals surface area contributed by atoms with Crippen LogP contribution in [0.15, 0.2) is 36.4 Å². The van der Waals surface area contributed by atoms with E-state index < -0.39 is 18.2 Å². The summed E-state index contributed by atoms with van der Waals surface area (Å²) in [6.45, 7) is 9.39. The van der Waals surface area contributed by atoms with Gasteiger partial charge < -0.3 is 35.2 Å². The van der Waals surface area contributed by atoms with Gasteiger partial charge in [-0.3, -0.25) is 20.2 Å². The first kappa shape index (κ1) is 30.8. The number of phenols is 2. The molecule has 0 bridgehead atoms. The predicted molar refractivity (Wildman–Crippen MR) is 145 cm³/mol. The van der Waals surface area contributed by atoms with Gasteiger partial charge in [0.05, 0.1) is 9.85 Å². The van der Waals surface area contributed by atoms with Gasteiger partial charge in [-0.2, -0.15) is 0 Å². The number of ether oxygens (including phenoxy) is 2. The van der Waals surface area contributed by atoms with Crippen molar-refractivity contribution in [3.63, 3.8) is 0 Å². The third-order valence-electron chi connectivity index (χ3n) is 5.39. The van der Waals surface area contributed by atoms with E-state index in [0.717, 1.165) is 38.4 Å². The number of rotatable bonds is 9. The number of hydrogen-bond donors (Lipinski definition) is 4. The maximum absolute atomic E-state index is 10.6. The van der Waals surface area contributed by atoms with Gasteiger partial charge in [-0.1, -0.05) is 0 Å². The Morgan fingerprint density at radius 3 is 1.89 bits per heavy atom. The molecule has 2 saturated carbocycles. The molecule has 0 radical (unpaired) electrons. The fourth-order valence-electron chi connectivity index (χ4n) is 3.39. The fourth-order valence-corrected chi connectivity index (χ4v) is 4.77. The molecule has 5 N–H and O–H groups in total. The number of nitro benzene ring substituents is 2. The van der Waals surface area contributed by atoms with Crippen LogP contribution in [0.3, 0.4) is 0 Å². The lowest BCUT2D eigenvalue weighted by Crippen LogP contribution is -2.34. The summed E-state index contributed by atoms with van der Waals surface area (Å²) >= 11 is 0. The highest BCUT2D eigenvalue weighted by atomic mass is 28.4. The quantitative estimate of drug-likeness (QED) is 0.0807. The predicted octanol–water partition coefficient (Wildman–Crippen LogP) is 5.10. The van der Waals surface area contributed by atoms with Crippen molar-refractivity contribution in [2.24, 2.45) is 0 Å². The molecule has 13 nitrogen and oxygen atoms in total. The summed E-state index contributed by atoms with van der Waals surface area (Å²) in [5.41, 5.74) is 5.02. The molecule has 2 aromatic carbocycles. The number of anilines is 2. The van der Waals surface area contributed by atoms with Crippen LogP contribution >= 0.6 is 0 Å². The minimum Gasteiger partial charge on any atom is -0.502 e. The lowest BCUT2D eigenvalue weighted by Gasteiger charge is -2.25. The van der Waals surface area contributed by atoms with Gasteiger partial charge in [-0.05, 0) is 63.7 Å². The first-order valence-corrected chi connectivity index (χ1v) is 15.4. The molecule has 0 heterocycles. The van der Waals surface area contributed by atoms with Crippen LogP contribution in [0.4, 0.5) is 22.7 Å². The number of nitrogens with zero attached hydrogens (tertiary/aromatic N) is 2. The number of nitrogens with two attached hydrogens (primary N) is 1. The molecule has 2 aliphatic rings. The van der Waals surface area contributed by atoms with Gasteiger partial charge in [0.15, 0.2) is 25.6 Å². The fraction of sp³-hybridized carbons (Fsp3) is 0.500. The number of phenolic OH excluding ortho intramolecular Hbond substituents is 2. The van der Waals surface area contributed by atoms with Crippen molar-refractivity contribution in [3.8, 4) is 11.5 Å². The van der Waals surface area contributed by atoms with E-state index in [2.05, 4.69) is 25.0 Å². The van der Waals surface area contributed by atoms with Gasteiger partial charge in [0.25, 0.3) is 0 Å². The minimum absolute atomic E-state index is 0.154. The van der Waals surface area contributed by atoms with Crippen LogP contribution in [0.5, 0.6) is 11.5 Å². The molecular weight excluding hydrogens is 516 g/mol. The summed E-state index contributed by atoms with van der Waals surface area (Å²) in [6, 6.07) is 7.87. The molecule has 0 amide bonds. The van der Waals surface area contributed by atoms with Gasteiger partial charge in [-0.25, -0.2) is 0 Å². The average Bonchev–Trinajstić information content (AvgIpc) is 3.75. The van der Waals surface area contributed by atoms with Crippen molar-refractivity contribution in [3.05, 3.63) is 56.6 Å². The molecule has 2 aromatic rings. The number of nitrogen functional groups attached to an aromatic ring is 1. The van der Waals surface area contributed by atoms with Gasteiger partial charge >= 0.3 is 11.4 Å². The van der Waals surface area contributed by atoms with Crippen LogP contribution in [-0.4, -0.2) is 53.6 Å². The zero-order valence-electron chi connectivity index (χ0n) is 22.2. The molecule has 0 atom stereocenters. The summed E-state index contributed by atoms with van der Waals surface area (Å²) < 4.78 is 16.7. The van der Waals surface area contributed by atoms with Crippen LogP contribution in [0.1, 0.15) is 32.6 Å². The number of methoxy groups -OCH3 is 1. The van der Waals surface area contributed by atoms with Crippen LogP contribution in [0.2, 0.25) is 19.6 Å². The number of nitrogens with one attached hydrogen (secondary N) is 1. The van der Waals surface area contributed by atoms with E-state index in [-0.39, 0.29) is 40.1 Å². The van der Waals surface area contributed by atoms with Gasteiger partial charge in [0.1, 0.15) is 5.72 Å². The third-order valence-corrected chi connectivity index (χ3v) is 6.38. The summed E-state index contributed by atoms with van der Waals surface area (Å²) in [5.74, 6) is -0.860. The molecule has 2 aliphatic carbocycles. The average molecular weight is 553 g/mol. The summed E-state index contributed by atoms with van der Waals surface area (Å²) in [6.07, 6.45) is 3.92. The molecule has 0 aromatic heterocycles. The van der Waals surface area contributed by atoms with E-state index >= 15 is 0 Å². The highest BCUT2D eigenvalue weighted by Crippen LogP contribution is 2.43. The Kier molecular flexibility index (Phi) is 10.0. The Bertz CT molecular complexity index is 1130. The lowest BCUT2D eigenvalue weighted by molar-refractivity contribution is -0.385. The standard InChI is InChI=1S/C10H12N2O4.C8H18O2Si.C6H6N2O3/c1-16-10(4-5-10)11-7-2-3-9(13)8(6-7)12(14)15;1-5-9-8(6-7-8)10-11(2,3)4;7-4-1-2-6(9)5(3-4)8(10)11/h2-3,6,11,13H,4-5H2,1H3;5-7H2,1-4H3;1-3,9H,7H2. The van der Waals surface area contributed by atoms with Crippen LogP contribution < -0.4 is 11.1 Å². The molecular formula is C24H36N4O9Si. The Hall–Kier alpha value is -3.46. The lowest BCUT2D eigenvalue weighted by atomic mass is 10.2. The second-order valence-electron chi connectivity index (χ2n) is 9.85. The smallest absolute Gasteiger partial charge is 0.312 e. The summed E-state index contributed by atoms with van der Waals surface area (Å²) in [7, 11) is 0.200. The topological polar surface area (TPSA) is 192 Å². The van der Waals surface area contributed by atoms with Crippen molar-refractivity contribution in [2.45, 2.75) is 63.8 Å². The molecule has 0 spiro atoms. The van der Waals surface area contributed by atoms with E-state index in [1.54, 1.807) is 13.2 Å². The number of hydrogen-bond acceptors (Lipinski definition) is 11. The highest BCUT2D eigenvalue weighted by Gasteiger charge is 2.48. The summed E-state index contributed by atoms with van der Waals surface area (Å²) in [5, 5.41) is 42.0. The van der Waals surface area contributed by atoms with Crippen LogP contribution in [0, 0.1) is 20.2 Å². The van der Waals surface area contributed by atoms with Gasteiger partial charge in [0, 0.05) is 50.1 Å². The Morgan fingerprint density at radius 2 is 1.50 bits per heavy atom. The van der Waals surface area contributed by atoms with Crippen molar-refractivity contribution in [2.75, 3.05) is 24.8 Å². The van der Waals surface area contributed by atoms with E-state index in [9.17, 15) is 25.3 Å². The molecule has 2 fully saturated rings. The van der Waals surface area contributed by atoms with Gasteiger partial charge in [0.2, 0.25) is 0 Å². The molecule has 0 aliphatic heterocycles. The molecule has 0 unspecified atom stereocenters. The van der Waals surface area contributed by atoms with Crippen molar-refractivity contribution in [1.82, 2.24) is 0 Å². The van der Waals surface area contributed by atoms with E-state index in [1.165, 1.54) is 24.3 Å². The zero-order chi connectivity index (χ0) is 28.7. The number of nitro groups is 2. The second-order valence-corrected chi connectivity index (χ2v) is 14.3. The first-order chi connectivity index (χ1) is 17.6. The Balaban J connectivity index is 0.000000206. The Morgan fingerprint density at radius 1 is 0.974 bits per heavy atom. The van der Waals surface area contributed by atoms with E-state index in [0.29, 0.717) is 5.69 Å². The second kappa shape index (κ2) is 12.4. The van der Waals surface area contributed by atoms with Crippen LogP contribution in [-0.2, 0) is 13.9 Å². The molecule has 38 heavy (non-hydrogen) atoms. The van der Waals surface area contributed by atoms with Crippen molar-refractivity contribution in [1.29, 1.82) is 0 Å².